The molecule has 1 fully saturated rings. The third kappa shape index (κ3) is 3.30. The molecule has 1 saturated heterocycles. The molecular formula is C7H16LiN. The van der Waals surface area contributed by atoms with E-state index in [0.29, 0.717) is 0 Å². The van der Waals surface area contributed by atoms with E-state index in [0.717, 1.165) is 0 Å². The van der Waals surface area contributed by atoms with Crippen molar-refractivity contribution in [2.75, 3.05) is 19.6 Å². The van der Waals surface area contributed by atoms with Gasteiger partial charge in [-0.3, -0.25) is 0 Å². The Bertz CT molecular complexity index is 64.6. The maximum absolute atomic E-state index is 2.54. The molecule has 0 aromatic heterocycles. The number of likely N-dealkylation sites (tertiary alicyclic amines) is 1. The second kappa shape index (κ2) is 5.35. The normalized spacial score (nSPS) is 19.7. The summed E-state index contributed by atoms with van der Waals surface area (Å²) in [4.78, 5) is 2.54. The number of hydrogen-bond acceptors (Lipinski definition) is 1. The Hall–Kier alpha value is 0.557. The van der Waals surface area contributed by atoms with Crippen LogP contribution in [-0.4, -0.2) is 24.5 Å². The van der Waals surface area contributed by atoms with E-state index in [2.05, 4.69) is 11.8 Å². The molecule has 0 N–H and O–H groups in total. The van der Waals surface area contributed by atoms with Crippen molar-refractivity contribution >= 4 is 0 Å². The van der Waals surface area contributed by atoms with Crippen LogP contribution in [0.3, 0.4) is 0 Å². The van der Waals surface area contributed by atoms with E-state index >= 15 is 0 Å². The van der Waals surface area contributed by atoms with Crippen molar-refractivity contribution in [1.29, 1.82) is 0 Å². The molecule has 2 heteroatoms. The molecule has 0 bridgehead atoms. The van der Waals surface area contributed by atoms with Gasteiger partial charge in [0, 0.05) is 0 Å². The fourth-order valence-electron chi connectivity index (χ4n) is 1.32. The predicted molar refractivity (Wildman–Crippen MR) is 37.1 cm³/mol. The Morgan fingerprint density at radius 3 is 2.33 bits per heavy atom. The average molecular weight is 121 g/mol. The molecule has 0 unspecified atom stereocenters. The summed E-state index contributed by atoms with van der Waals surface area (Å²) in [5, 5.41) is 0. The van der Waals surface area contributed by atoms with E-state index in [1.165, 1.54) is 38.9 Å². The molecule has 0 amide bonds. The smallest absolute Gasteiger partial charge is 1.00 e. The largest absolute Gasteiger partial charge is 1.00 e. The summed E-state index contributed by atoms with van der Waals surface area (Å²) in [6.45, 7) is 6.28. The van der Waals surface area contributed by atoms with Crippen LogP contribution in [0.2, 0.25) is 0 Å². The van der Waals surface area contributed by atoms with Gasteiger partial charge in [0.2, 0.25) is 0 Å². The molecule has 1 nitrogen and oxygen atoms in total. The van der Waals surface area contributed by atoms with Crippen LogP contribution in [0.25, 0.3) is 0 Å². The van der Waals surface area contributed by atoms with E-state index in [1.807, 2.05) is 0 Å². The standard InChI is InChI=1S/C7H15N.Li.H/c1-2-5-8-6-3-4-7-8;;/h2-7H2,1H3;;/q;+1;-1. The second-order valence-electron chi connectivity index (χ2n) is 2.55. The minimum absolute atomic E-state index is 0. The molecule has 0 aliphatic carbocycles. The van der Waals surface area contributed by atoms with Gasteiger partial charge in [0.15, 0.2) is 0 Å². The predicted octanol–water partition coefficient (Wildman–Crippen LogP) is -1.39. The number of hydrogen-bond donors (Lipinski definition) is 0. The summed E-state index contributed by atoms with van der Waals surface area (Å²) in [7, 11) is 0. The molecule has 1 rings (SSSR count). The van der Waals surface area contributed by atoms with Crippen LogP contribution < -0.4 is 18.9 Å². The summed E-state index contributed by atoms with van der Waals surface area (Å²) in [6, 6.07) is 0. The molecule has 0 spiro atoms. The zero-order chi connectivity index (χ0) is 5.82. The molecule has 1 heterocycles. The fourth-order valence-corrected chi connectivity index (χ4v) is 1.32. The van der Waals surface area contributed by atoms with Crippen LogP contribution in [0.4, 0.5) is 0 Å². The van der Waals surface area contributed by atoms with E-state index in [4.69, 9.17) is 0 Å². The quantitative estimate of drug-likeness (QED) is 0.406. The third-order valence-corrected chi connectivity index (χ3v) is 1.74. The maximum Gasteiger partial charge on any atom is 1.00 e. The summed E-state index contributed by atoms with van der Waals surface area (Å²) in [5.74, 6) is 0. The van der Waals surface area contributed by atoms with Crippen LogP contribution in [0.1, 0.15) is 27.6 Å². The van der Waals surface area contributed by atoms with Gasteiger partial charge in [0.05, 0.1) is 0 Å². The van der Waals surface area contributed by atoms with Crippen molar-refractivity contribution in [1.82, 2.24) is 4.90 Å². The Kier molecular flexibility index (Phi) is 5.68. The van der Waals surface area contributed by atoms with E-state index in [9.17, 15) is 0 Å². The fraction of sp³-hybridized carbons (Fsp3) is 1.00. The van der Waals surface area contributed by atoms with Crippen LogP contribution in [0.5, 0.6) is 0 Å². The molecule has 50 valence electrons. The SMILES string of the molecule is CCCN1CCCC1.[H-].[Li+]. The molecule has 1 aliphatic heterocycles. The van der Waals surface area contributed by atoms with E-state index in [1.54, 1.807) is 0 Å². The molecule has 0 aromatic rings. The van der Waals surface area contributed by atoms with Crippen LogP contribution in [0, 0.1) is 0 Å². The Labute approximate surface area is 71.5 Å². The van der Waals surface area contributed by atoms with Gasteiger partial charge in [-0.2, -0.15) is 0 Å². The first-order valence-corrected chi connectivity index (χ1v) is 3.66. The second-order valence-corrected chi connectivity index (χ2v) is 2.55. The molecule has 0 atom stereocenters. The monoisotopic (exact) mass is 121 g/mol. The van der Waals surface area contributed by atoms with Gasteiger partial charge < -0.3 is 6.33 Å². The third-order valence-electron chi connectivity index (χ3n) is 1.74. The summed E-state index contributed by atoms with van der Waals surface area (Å²) >= 11 is 0. The summed E-state index contributed by atoms with van der Waals surface area (Å²) in [6.07, 6.45) is 4.18. The minimum Gasteiger partial charge on any atom is -1.00 e. The number of rotatable bonds is 2. The van der Waals surface area contributed by atoms with Crippen LogP contribution >= 0.6 is 0 Å². The van der Waals surface area contributed by atoms with Crippen molar-refractivity contribution < 1.29 is 20.3 Å². The molecule has 9 heavy (non-hydrogen) atoms. The Balaban J connectivity index is 0. The van der Waals surface area contributed by atoms with Crippen molar-refractivity contribution in [3.05, 3.63) is 0 Å². The van der Waals surface area contributed by atoms with Crippen molar-refractivity contribution in [3.63, 3.8) is 0 Å². The van der Waals surface area contributed by atoms with Crippen LogP contribution in [-0.2, 0) is 0 Å². The van der Waals surface area contributed by atoms with Gasteiger partial charge in [0.25, 0.3) is 0 Å². The summed E-state index contributed by atoms with van der Waals surface area (Å²) in [5.41, 5.74) is 0. The molecule has 0 saturated carbocycles. The zero-order valence-corrected chi connectivity index (χ0v) is 6.69. The molecule has 0 radical (unpaired) electrons. The first-order valence-electron chi connectivity index (χ1n) is 3.66. The van der Waals surface area contributed by atoms with Gasteiger partial charge in [-0.05, 0) is 38.9 Å². The van der Waals surface area contributed by atoms with Gasteiger partial charge in [-0.1, -0.05) is 6.92 Å². The van der Waals surface area contributed by atoms with Crippen molar-refractivity contribution in [3.8, 4) is 0 Å². The maximum atomic E-state index is 2.54. The summed E-state index contributed by atoms with van der Waals surface area (Å²) < 4.78 is 0. The molecule has 1 aliphatic rings. The van der Waals surface area contributed by atoms with E-state index < -0.39 is 0 Å². The van der Waals surface area contributed by atoms with Gasteiger partial charge in [0.1, 0.15) is 0 Å². The first kappa shape index (κ1) is 9.56. The Morgan fingerprint density at radius 1 is 1.33 bits per heavy atom. The van der Waals surface area contributed by atoms with Crippen LogP contribution in [0.15, 0.2) is 0 Å². The zero-order valence-electron chi connectivity index (χ0n) is 7.69. The minimum atomic E-state index is 0. The molecule has 0 aromatic carbocycles. The van der Waals surface area contributed by atoms with Crippen molar-refractivity contribution in [2.45, 2.75) is 26.2 Å². The topological polar surface area (TPSA) is 3.24 Å². The molecular weight excluding hydrogens is 105 g/mol. The average Bonchev–Trinajstić information content (AvgIpc) is 2.19. The van der Waals surface area contributed by atoms with Crippen molar-refractivity contribution in [2.24, 2.45) is 0 Å². The van der Waals surface area contributed by atoms with Gasteiger partial charge >= 0.3 is 18.9 Å². The number of nitrogens with zero attached hydrogens (tertiary/aromatic N) is 1. The Morgan fingerprint density at radius 2 is 1.89 bits per heavy atom. The van der Waals surface area contributed by atoms with Gasteiger partial charge in [-0.15, -0.1) is 0 Å². The first-order chi connectivity index (χ1) is 3.93. The van der Waals surface area contributed by atoms with E-state index in [-0.39, 0.29) is 20.3 Å². The van der Waals surface area contributed by atoms with Gasteiger partial charge in [-0.25, -0.2) is 0 Å².